The molecule has 0 unspecified atom stereocenters. The van der Waals surface area contributed by atoms with E-state index in [4.69, 9.17) is 46.4 Å². The molecule has 6 rings (SSSR count). The number of hydrogen-bond acceptors (Lipinski definition) is 4. The van der Waals surface area contributed by atoms with Gasteiger partial charge in [0.15, 0.2) is 0 Å². The molecule has 2 amide bonds. The van der Waals surface area contributed by atoms with Crippen LogP contribution in [0.3, 0.4) is 0 Å². The summed E-state index contributed by atoms with van der Waals surface area (Å²) in [6.07, 6.45) is 6.81. The number of carbonyl (C=O) groups is 2. The molecule has 5 aromatic rings. The van der Waals surface area contributed by atoms with Crippen LogP contribution in [0, 0.1) is 0 Å². The molecule has 45 heavy (non-hydrogen) atoms. The number of thiophene rings is 1. The van der Waals surface area contributed by atoms with Crippen molar-refractivity contribution in [3.8, 4) is 11.1 Å². The smallest absolute Gasteiger partial charge is 0.266 e. The molecule has 1 aliphatic carbocycles. The number of halogens is 4. The van der Waals surface area contributed by atoms with Crippen LogP contribution in [0.1, 0.15) is 46.5 Å². The first-order valence-corrected chi connectivity index (χ1v) is 17.0. The van der Waals surface area contributed by atoms with Crippen molar-refractivity contribution in [2.75, 3.05) is 0 Å². The minimum absolute atomic E-state index is 0.0332. The summed E-state index contributed by atoms with van der Waals surface area (Å²) in [6.45, 7) is 0.410. The van der Waals surface area contributed by atoms with Crippen LogP contribution in [0.5, 0.6) is 0 Å². The summed E-state index contributed by atoms with van der Waals surface area (Å²) >= 11 is 27.0. The summed E-state index contributed by atoms with van der Waals surface area (Å²) < 4.78 is 0.697. The second-order valence-electron chi connectivity index (χ2n) is 11.2. The van der Waals surface area contributed by atoms with E-state index in [-0.39, 0.29) is 30.3 Å². The number of rotatable bonds is 8. The Morgan fingerprint density at radius 2 is 1.56 bits per heavy atom. The lowest BCUT2D eigenvalue weighted by Gasteiger charge is -2.37. The normalized spacial score (nSPS) is 16.4. The monoisotopic (exact) mass is 695 g/mol. The average Bonchev–Trinajstić information content (AvgIpc) is 3.39. The summed E-state index contributed by atoms with van der Waals surface area (Å²) in [5, 5.41) is 5.71. The molecule has 230 valence electrons. The van der Waals surface area contributed by atoms with E-state index < -0.39 is 0 Å². The van der Waals surface area contributed by atoms with Gasteiger partial charge in [-0.05, 0) is 84.3 Å². The summed E-state index contributed by atoms with van der Waals surface area (Å²) in [7, 11) is 0. The van der Waals surface area contributed by atoms with Gasteiger partial charge in [0.05, 0.1) is 26.2 Å². The van der Waals surface area contributed by atoms with Gasteiger partial charge in [0.1, 0.15) is 4.88 Å². The molecule has 1 fully saturated rings. The Bertz CT molecular complexity index is 1860. The predicted octanol–water partition coefficient (Wildman–Crippen LogP) is 9.89. The highest BCUT2D eigenvalue weighted by Crippen LogP contribution is 2.43. The SMILES string of the molecule is O=C(Cc1cccc(Cl)c1)NC1CCC(N(Cc2cccc(-c3ccncc3)c2)C(=O)c2sc3c(Cl)c(Cl)ccc3c2Cl)CC1. The number of aromatic nitrogens is 1. The van der Waals surface area contributed by atoms with Crippen molar-refractivity contribution in [1.82, 2.24) is 15.2 Å². The number of pyridine rings is 1. The van der Waals surface area contributed by atoms with Crippen molar-refractivity contribution in [1.29, 1.82) is 0 Å². The van der Waals surface area contributed by atoms with E-state index in [9.17, 15) is 9.59 Å². The zero-order valence-electron chi connectivity index (χ0n) is 24.1. The maximum atomic E-state index is 14.4. The maximum absolute atomic E-state index is 14.4. The van der Waals surface area contributed by atoms with Crippen LogP contribution in [0.4, 0.5) is 0 Å². The van der Waals surface area contributed by atoms with Gasteiger partial charge in [0.2, 0.25) is 5.91 Å². The van der Waals surface area contributed by atoms with Gasteiger partial charge < -0.3 is 10.2 Å². The van der Waals surface area contributed by atoms with Gasteiger partial charge in [-0.1, -0.05) is 82.8 Å². The molecule has 1 N–H and O–H groups in total. The average molecular weight is 698 g/mol. The van der Waals surface area contributed by atoms with Gasteiger partial charge in [0.25, 0.3) is 5.91 Å². The topological polar surface area (TPSA) is 62.3 Å². The molecule has 2 heterocycles. The summed E-state index contributed by atoms with van der Waals surface area (Å²) in [5.74, 6) is -0.176. The zero-order valence-corrected chi connectivity index (χ0v) is 28.0. The minimum Gasteiger partial charge on any atom is -0.353 e. The number of nitrogens with one attached hydrogen (secondary N) is 1. The van der Waals surface area contributed by atoms with E-state index in [1.807, 2.05) is 47.4 Å². The lowest BCUT2D eigenvalue weighted by molar-refractivity contribution is -0.121. The number of fused-ring (bicyclic) bond motifs is 1. The molecule has 0 bridgehead atoms. The molecule has 0 atom stereocenters. The summed E-state index contributed by atoms with van der Waals surface area (Å²) in [5.41, 5.74) is 3.99. The van der Waals surface area contributed by atoms with Crippen molar-refractivity contribution >= 4 is 79.6 Å². The van der Waals surface area contributed by atoms with E-state index in [1.54, 1.807) is 30.6 Å². The fraction of sp³-hybridized carbons (Fsp3) is 0.229. The standard InChI is InChI=1S/C35H29Cl4N3O2S/c36-25-6-2-3-21(18-25)19-30(43)41-26-7-9-27(10-8-26)42(20-22-4-1-5-24(17-22)23-13-15-40-16-14-23)35(44)34-31(38)28-11-12-29(37)32(39)33(28)45-34/h1-6,11-18,26-27H,7-10,19-20H2,(H,41,43). The maximum Gasteiger partial charge on any atom is 0.266 e. The number of nitrogens with zero attached hydrogens (tertiary/aromatic N) is 2. The third kappa shape index (κ3) is 7.32. The van der Waals surface area contributed by atoms with Gasteiger partial charge in [-0.3, -0.25) is 14.6 Å². The molecule has 0 aliphatic heterocycles. The first-order chi connectivity index (χ1) is 21.8. The highest BCUT2D eigenvalue weighted by molar-refractivity contribution is 7.22. The Kier molecular flexibility index (Phi) is 9.98. The fourth-order valence-corrected chi connectivity index (χ4v) is 8.15. The highest BCUT2D eigenvalue weighted by Gasteiger charge is 2.32. The van der Waals surface area contributed by atoms with Crippen LogP contribution in [0.25, 0.3) is 21.2 Å². The fourth-order valence-electron chi connectivity index (χ4n) is 5.94. The Labute approximate surface area is 286 Å². The second kappa shape index (κ2) is 14.1. The van der Waals surface area contributed by atoms with Gasteiger partial charge >= 0.3 is 0 Å². The second-order valence-corrected chi connectivity index (χ2v) is 13.9. The molecule has 3 aromatic carbocycles. The molecule has 0 radical (unpaired) electrons. The first kappa shape index (κ1) is 31.8. The third-order valence-corrected chi connectivity index (χ3v) is 11.1. The number of benzene rings is 3. The van der Waals surface area contributed by atoms with Gasteiger partial charge in [-0.2, -0.15) is 0 Å². The van der Waals surface area contributed by atoms with E-state index in [1.165, 1.54) is 11.3 Å². The molecule has 0 saturated heterocycles. The molecule has 5 nitrogen and oxygen atoms in total. The third-order valence-electron chi connectivity index (χ3n) is 8.19. The summed E-state index contributed by atoms with van der Waals surface area (Å²) in [4.78, 5) is 33.7. The van der Waals surface area contributed by atoms with Crippen molar-refractivity contribution in [2.45, 2.75) is 50.7 Å². The van der Waals surface area contributed by atoms with E-state index in [0.717, 1.165) is 47.9 Å². The van der Waals surface area contributed by atoms with Gasteiger partial charge in [0, 0.05) is 41.4 Å². The van der Waals surface area contributed by atoms with E-state index in [2.05, 4.69) is 22.4 Å². The quantitative estimate of drug-likeness (QED) is 0.176. The van der Waals surface area contributed by atoms with Gasteiger partial charge in [-0.25, -0.2) is 0 Å². The molecule has 2 aromatic heterocycles. The molecule has 10 heteroatoms. The summed E-state index contributed by atoms with van der Waals surface area (Å²) in [6, 6.07) is 23.0. The Morgan fingerprint density at radius 3 is 2.31 bits per heavy atom. The van der Waals surface area contributed by atoms with E-state index in [0.29, 0.717) is 41.6 Å². The minimum atomic E-state index is -0.142. The lowest BCUT2D eigenvalue weighted by atomic mass is 9.89. The Balaban J connectivity index is 1.23. The molecule has 1 aliphatic rings. The highest BCUT2D eigenvalue weighted by atomic mass is 35.5. The van der Waals surface area contributed by atoms with Crippen LogP contribution < -0.4 is 5.32 Å². The van der Waals surface area contributed by atoms with Crippen molar-refractivity contribution in [3.05, 3.63) is 121 Å². The number of carbonyl (C=O) groups excluding carboxylic acids is 2. The van der Waals surface area contributed by atoms with Crippen molar-refractivity contribution < 1.29 is 9.59 Å². The molecule has 1 saturated carbocycles. The lowest BCUT2D eigenvalue weighted by Crippen LogP contribution is -2.46. The van der Waals surface area contributed by atoms with Crippen LogP contribution in [-0.4, -0.2) is 33.8 Å². The van der Waals surface area contributed by atoms with Crippen molar-refractivity contribution in [3.63, 3.8) is 0 Å². The number of amides is 2. The van der Waals surface area contributed by atoms with Crippen LogP contribution in [-0.2, 0) is 17.8 Å². The number of hydrogen-bond donors (Lipinski definition) is 1. The van der Waals surface area contributed by atoms with Crippen LogP contribution >= 0.6 is 57.7 Å². The molecular formula is C35H29Cl4N3O2S. The first-order valence-electron chi connectivity index (χ1n) is 14.7. The van der Waals surface area contributed by atoms with Crippen LogP contribution in [0.15, 0.2) is 85.2 Å². The van der Waals surface area contributed by atoms with E-state index >= 15 is 0 Å². The Morgan fingerprint density at radius 1 is 0.822 bits per heavy atom. The predicted molar refractivity (Wildman–Crippen MR) is 186 cm³/mol. The zero-order chi connectivity index (χ0) is 31.5. The van der Waals surface area contributed by atoms with Gasteiger partial charge in [-0.15, -0.1) is 11.3 Å². The molecular weight excluding hydrogens is 668 g/mol. The largest absolute Gasteiger partial charge is 0.353 e. The van der Waals surface area contributed by atoms with Crippen molar-refractivity contribution in [2.24, 2.45) is 0 Å². The van der Waals surface area contributed by atoms with Crippen LogP contribution in [0.2, 0.25) is 20.1 Å². The Hall–Kier alpha value is -3.13. The molecule has 0 spiro atoms.